The van der Waals surface area contributed by atoms with E-state index in [-0.39, 0.29) is 23.9 Å². The van der Waals surface area contributed by atoms with Gasteiger partial charge in [-0.2, -0.15) is 0 Å². The van der Waals surface area contributed by atoms with Crippen molar-refractivity contribution in [3.63, 3.8) is 0 Å². The Morgan fingerprint density at radius 3 is 2.56 bits per heavy atom. The average molecular weight is 456 g/mol. The van der Waals surface area contributed by atoms with E-state index in [0.717, 1.165) is 25.1 Å². The number of amides is 2. The van der Waals surface area contributed by atoms with Crippen molar-refractivity contribution >= 4 is 23.2 Å². The van der Waals surface area contributed by atoms with E-state index in [2.05, 4.69) is 28.5 Å². The van der Waals surface area contributed by atoms with Crippen molar-refractivity contribution in [3.05, 3.63) is 51.7 Å². The standard InChI is InChI=1S/C25H33N3O3S/c1-4-5-23(29)28-14-13-26(16-18(28)2)24(30)17-27-12-10-22-21(11-15-32-22)25(27)19-6-8-20(31-3)9-7-19/h6-9,11,15,18,25H,4-5,10,12-14,16-17H2,1-3H3/t18-,25-/m1/s1. The average Bonchev–Trinajstić information content (AvgIpc) is 3.28. The smallest absolute Gasteiger partial charge is 0.236 e. The van der Waals surface area contributed by atoms with Gasteiger partial charge < -0.3 is 14.5 Å². The summed E-state index contributed by atoms with van der Waals surface area (Å²) < 4.78 is 5.33. The van der Waals surface area contributed by atoms with Crippen LogP contribution in [0.2, 0.25) is 0 Å². The summed E-state index contributed by atoms with van der Waals surface area (Å²) in [5, 5.41) is 2.15. The van der Waals surface area contributed by atoms with Gasteiger partial charge in [-0.05, 0) is 54.5 Å². The van der Waals surface area contributed by atoms with Crippen LogP contribution in [0.15, 0.2) is 35.7 Å². The van der Waals surface area contributed by atoms with Crippen LogP contribution in [0.1, 0.15) is 48.7 Å². The van der Waals surface area contributed by atoms with E-state index >= 15 is 0 Å². The Morgan fingerprint density at radius 2 is 1.88 bits per heavy atom. The molecule has 0 unspecified atom stereocenters. The monoisotopic (exact) mass is 455 g/mol. The molecule has 6 nitrogen and oxygen atoms in total. The number of hydrogen-bond acceptors (Lipinski definition) is 5. The Kier molecular flexibility index (Phi) is 7.16. The number of fused-ring (bicyclic) bond motifs is 1. The second-order valence-electron chi connectivity index (χ2n) is 8.72. The zero-order valence-electron chi connectivity index (χ0n) is 19.3. The normalized spacial score (nSPS) is 21.3. The van der Waals surface area contributed by atoms with Crippen LogP contribution in [0, 0.1) is 0 Å². The molecule has 172 valence electrons. The van der Waals surface area contributed by atoms with Crippen molar-refractivity contribution in [2.45, 2.75) is 45.2 Å². The van der Waals surface area contributed by atoms with E-state index in [1.807, 2.05) is 35.8 Å². The molecule has 2 aliphatic rings. The molecule has 0 aliphatic carbocycles. The summed E-state index contributed by atoms with van der Waals surface area (Å²) in [5.41, 5.74) is 2.49. The van der Waals surface area contributed by atoms with Crippen LogP contribution in [0.3, 0.4) is 0 Å². The maximum absolute atomic E-state index is 13.3. The van der Waals surface area contributed by atoms with Crippen molar-refractivity contribution in [2.24, 2.45) is 0 Å². The van der Waals surface area contributed by atoms with Gasteiger partial charge in [0.25, 0.3) is 0 Å². The van der Waals surface area contributed by atoms with Gasteiger partial charge in [-0.3, -0.25) is 14.5 Å². The highest BCUT2D eigenvalue weighted by Crippen LogP contribution is 2.38. The molecule has 0 spiro atoms. The third-order valence-electron chi connectivity index (χ3n) is 6.60. The zero-order valence-corrected chi connectivity index (χ0v) is 20.1. The van der Waals surface area contributed by atoms with Gasteiger partial charge in [0.1, 0.15) is 5.75 Å². The molecular weight excluding hydrogens is 422 g/mol. The van der Waals surface area contributed by atoms with Gasteiger partial charge in [0.05, 0.1) is 19.7 Å². The molecule has 2 amide bonds. The first-order valence-corrected chi connectivity index (χ1v) is 12.4. The summed E-state index contributed by atoms with van der Waals surface area (Å²) in [6.07, 6.45) is 2.41. The lowest BCUT2D eigenvalue weighted by Crippen LogP contribution is -2.57. The molecular formula is C25H33N3O3S. The number of piperazine rings is 1. The van der Waals surface area contributed by atoms with Crippen molar-refractivity contribution in [2.75, 3.05) is 39.8 Å². The number of methoxy groups -OCH3 is 1. The van der Waals surface area contributed by atoms with E-state index < -0.39 is 0 Å². The van der Waals surface area contributed by atoms with E-state index in [9.17, 15) is 9.59 Å². The predicted octanol–water partition coefficient (Wildman–Crippen LogP) is 3.56. The molecule has 2 atom stereocenters. The Hall–Kier alpha value is -2.38. The number of carbonyl (C=O) groups is 2. The summed E-state index contributed by atoms with van der Waals surface area (Å²) in [6.45, 7) is 7.18. The largest absolute Gasteiger partial charge is 0.497 e. The van der Waals surface area contributed by atoms with E-state index in [0.29, 0.717) is 32.6 Å². The van der Waals surface area contributed by atoms with Crippen LogP contribution in [0.25, 0.3) is 0 Å². The zero-order chi connectivity index (χ0) is 22.7. The third kappa shape index (κ3) is 4.69. The lowest BCUT2D eigenvalue weighted by Gasteiger charge is -2.42. The molecule has 1 fully saturated rings. The second kappa shape index (κ2) is 10.0. The Balaban J connectivity index is 1.47. The maximum Gasteiger partial charge on any atom is 0.236 e. The van der Waals surface area contributed by atoms with Gasteiger partial charge in [-0.15, -0.1) is 11.3 Å². The van der Waals surface area contributed by atoms with Gasteiger partial charge in [0.2, 0.25) is 11.8 Å². The molecule has 3 heterocycles. The SMILES string of the molecule is CCCC(=O)N1CCN(C(=O)CN2CCc3sccc3[C@H]2c2ccc(OC)cc2)C[C@H]1C. The highest BCUT2D eigenvalue weighted by Gasteiger charge is 2.34. The molecule has 32 heavy (non-hydrogen) atoms. The van der Waals surface area contributed by atoms with Crippen LogP contribution in [-0.4, -0.2) is 72.4 Å². The Morgan fingerprint density at radius 1 is 1.09 bits per heavy atom. The fourth-order valence-corrected chi connectivity index (χ4v) is 5.80. The molecule has 2 aromatic rings. The van der Waals surface area contributed by atoms with E-state index in [1.54, 1.807) is 18.4 Å². The molecule has 4 rings (SSSR count). The minimum absolute atomic E-state index is 0.0639. The first-order chi connectivity index (χ1) is 15.5. The number of nitrogens with zero attached hydrogens (tertiary/aromatic N) is 3. The quantitative estimate of drug-likeness (QED) is 0.668. The topological polar surface area (TPSA) is 53.1 Å². The molecule has 2 aliphatic heterocycles. The van der Waals surface area contributed by atoms with E-state index in [1.165, 1.54) is 16.0 Å². The van der Waals surface area contributed by atoms with Crippen LogP contribution in [-0.2, 0) is 16.0 Å². The second-order valence-corrected chi connectivity index (χ2v) is 9.72. The fourth-order valence-electron chi connectivity index (χ4n) is 4.90. The number of rotatable bonds is 6. The summed E-state index contributed by atoms with van der Waals surface area (Å²) in [4.78, 5) is 33.2. The predicted molar refractivity (Wildman–Crippen MR) is 127 cm³/mol. The molecule has 0 saturated carbocycles. The summed E-state index contributed by atoms with van der Waals surface area (Å²) in [7, 11) is 1.67. The molecule has 0 radical (unpaired) electrons. The molecule has 0 bridgehead atoms. The van der Waals surface area contributed by atoms with E-state index in [4.69, 9.17) is 4.74 Å². The molecule has 0 N–H and O–H groups in total. The first kappa shape index (κ1) is 22.8. The first-order valence-electron chi connectivity index (χ1n) is 11.5. The summed E-state index contributed by atoms with van der Waals surface area (Å²) in [5.74, 6) is 1.19. The minimum atomic E-state index is 0.0639. The number of carbonyl (C=O) groups excluding carboxylic acids is 2. The van der Waals surface area contributed by atoms with Gasteiger partial charge >= 0.3 is 0 Å². The third-order valence-corrected chi connectivity index (χ3v) is 7.60. The van der Waals surface area contributed by atoms with Crippen molar-refractivity contribution < 1.29 is 14.3 Å². The number of ether oxygens (including phenoxy) is 1. The fraction of sp³-hybridized carbons (Fsp3) is 0.520. The molecule has 1 aromatic carbocycles. The number of hydrogen-bond donors (Lipinski definition) is 0. The molecule has 7 heteroatoms. The lowest BCUT2D eigenvalue weighted by molar-refractivity contribution is -0.143. The van der Waals surface area contributed by atoms with Crippen molar-refractivity contribution in [1.82, 2.24) is 14.7 Å². The Labute approximate surface area is 194 Å². The molecule has 1 aromatic heterocycles. The lowest BCUT2D eigenvalue weighted by atomic mass is 9.93. The number of thiophene rings is 1. The highest BCUT2D eigenvalue weighted by atomic mass is 32.1. The summed E-state index contributed by atoms with van der Waals surface area (Å²) in [6, 6.07) is 10.5. The highest BCUT2D eigenvalue weighted by molar-refractivity contribution is 7.10. The number of benzene rings is 1. The van der Waals surface area contributed by atoms with Gasteiger partial charge in [0.15, 0.2) is 0 Å². The van der Waals surface area contributed by atoms with Gasteiger partial charge in [-0.1, -0.05) is 19.1 Å². The van der Waals surface area contributed by atoms with Crippen LogP contribution >= 0.6 is 11.3 Å². The van der Waals surface area contributed by atoms with Gasteiger partial charge in [0, 0.05) is 43.5 Å². The van der Waals surface area contributed by atoms with Crippen LogP contribution in [0.4, 0.5) is 0 Å². The summed E-state index contributed by atoms with van der Waals surface area (Å²) >= 11 is 1.80. The van der Waals surface area contributed by atoms with Gasteiger partial charge in [-0.25, -0.2) is 0 Å². The van der Waals surface area contributed by atoms with Crippen molar-refractivity contribution in [1.29, 1.82) is 0 Å². The van der Waals surface area contributed by atoms with Crippen LogP contribution in [0.5, 0.6) is 5.75 Å². The maximum atomic E-state index is 13.3. The van der Waals surface area contributed by atoms with Crippen LogP contribution < -0.4 is 4.74 Å². The Bertz CT molecular complexity index is 942. The minimum Gasteiger partial charge on any atom is -0.497 e. The van der Waals surface area contributed by atoms with Crippen molar-refractivity contribution in [3.8, 4) is 5.75 Å². The molecule has 1 saturated heterocycles.